The Kier molecular flexibility index (Phi) is 9.67. The zero-order chi connectivity index (χ0) is 32.5. The highest BCUT2D eigenvalue weighted by Gasteiger charge is 2.54. The summed E-state index contributed by atoms with van der Waals surface area (Å²) in [6, 6.07) is 4.46. The minimum Gasteiger partial charge on any atom is -0.455 e. The number of halogens is 4. The molecule has 3 aliphatic rings. The van der Waals surface area contributed by atoms with Crippen LogP contribution >= 0.6 is 0 Å². The van der Waals surface area contributed by atoms with E-state index in [2.05, 4.69) is 5.32 Å². The Morgan fingerprint density at radius 2 is 1.63 bits per heavy atom. The summed E-state index contributed by atoms with van der Waals surface area (Å²) in [7, 11) is -4.12. The zero-order valence-corrected chi connectivity index (χ0v) is 25.3. The molecule has 0 radical (unpaired) electrons. The van der Waals surface area contributed by atoms with Crippen LogP contribution in [0.15, 0.2) is 47.3 Å². The topological polar surface area (TPSA) is 109 Å². The van der Waals surface area contributed by atoms with Crippen LogP contribution in [0, 0.1) is 0 Å². The van der Waals surface area contributed by atoms with Crippen molar-refractivity contribution in [2.45, 2.75) is 84.1 Å². The second kappa shape index (κ2) is 12.4. The van der Waals surface area contributed by atoms with Crippen LogP contribution < -0.4 is 14.8 Å². The number of allylic oxidation sites excluding steroid dienone is 2. The highest BCUT2D eigenvalue weighted by Crippen LogP contribution is 2.39. The third-order valence-electron chi connectivity index (χ3n) is 6.52. The molecule has 3 aliphatic heterocycles. The van der Waals surface area contributed by atoms with Crippen LogP contribution in [0.5, 0.6) is 0 Å². The number of rotatable bonds is 4. The summed E-state index contributed by atoms with van der Waals surface area (Å²) < 4.78 is 51.9. The highest BCUT2D eigenvalue weighted by molar-refractivity contribution is 6.50. The molecule has 236 valence electrons. The predicted molar refractivity (Wildman–Crippen MR) is 149 cm³/mol. The molecular weight excluding hydrogens is 575 g/mol. The summed E-state index contributed by atoms with van der Waals surface area (Å²) in [5.41, 5.74) is -0.198. The van der Waals surface area contributed by atoms with Gasteiger partial charge in [-0.2, -0.15) is 4.90 Å². The second-order valence-corrected chi connectivity index (χ2v) is 12.4. The van der Waals surface area contributed by atoms with Gasteiger partial charge in [-0.3, -0.25) is 9.69 Å². The van der Waals surface area contributed by atoms with Crippen molar-refractivity contribution in [3.63, 3.8) is 0 Å². The van der Waals surface area contributed by atoms with E-state index in [0.29, 0.717) is 37.0 Å². The van der Waals surface area contributed by atoms with Gasteiger partial charge in [0, 0.05) is 18.1 Å². The Balaban J connectivity index is 0.000000934. The van der Waals surface area contributed by atoms with Gasteiger partial charge >= 0.3 is 25.2 Å². The maximum absolute atomic E-state index is 13.3. The van der Waals surface area contributed by atoms with Crippen molar-refractivity contribution in [1.82, 2.24) is 10.2 Å². The van der Waals surface area contributed by atoms with Crippen molar-refractivity contribution in [2.24, 2.45) is 7.05 Å². The molecule has 4 heterocycles. The standard InChI is InChI=1S/C28H36N4O6.BF4/c1-27(2,3)37-25(35)22-17(16-18-13-15-31(23(18)33)20-10-8-9-14-30(20)7)11-12-19-21(24(34)32(19)22)29-26(36)38-28(4,5)6;2-1(3,4)5/h8-10,14,16,19,21H,11-13,15H2,1-7H3;/q;-1/p+1/t19-,21+;/m1./s1. The third kappa shape index (κ3) is 8.80. The van der Waals surface area contributed by atoms with Gasteiger partial charge in [0.2, 0.25) is 0 Å². The van der Waals surface area contributed by atoms with E-state index in [1.807, 2.05) is 36.0 Å². The lowest BCUT2D eigenvalue weighted by Gasteiger charge is -2.50. The molecule has 1 aromatic heterocycles. The van der Waals surface area contributed by atoms with Gasteiger partial charge in [-0.25, -0.2) is 19.0 Å². The Labute approximate surface area is 247 Å². The van der Waals surface area contributed by atoms with Crippen LogP contribution in [0.1, 0.15) is 60.8 Å². The number of fused-ring (bicyclic) bond motifs is 1. The smallest absolute Gasteiger partial charge is 0.455 e. The lowest BCUT2D eigenvalue weighted by Crippen LogP contribution is -2.72. The Morgan fingerprint density at radius 1 is 1.02 bits per heavy atom. The summed E-state index contributed by atoms with van der Waals surface area (Å²) in [4.78, 5) is 55.3. The van der Waals surface area contributed by atoms with E-state index in [1.54, 1.807) is 52.5 Å². The maximum atomic E-state index is 13.3. The van der Waals surface area contributed by atoms with Gasteiger partial charge in [0.1, 0.15) is 22.9 Å². The first-order valence-corrected chi connectivity index (χ1v) is 13.8. The molecule has 1 N–H and O–H groups in total. The molecule has 2 fully saturated rings. The van der Waals surface area contributed by atoms with E-state index >= 15 is 0 Å². The molecule has 0 aliphatic carbocycles. The lowest BCUT2D eigenvalue weighted by molar-refractivity contribution is -0.658. The molecule has 0 aromatic carbocycles. The highest BCUT2D eigenvalue weighted by atomic mass is 19.5. The van der Waals surface area contributed by atoms with Crippen molar-refractivity contribution >= 4 is 36.9 Å². The predicted octanol–water partition coefficient (Wildman–Crippen LogP) is 3.97. The first kappa shape index (κ1) is 33.6. The van der Waals surface area contributed by atoms with E-state index < -0.39 is 48.5 Å². The molecule has 0 spiro atoms. The summed E-state index contributed by atoms with van der Waals surface area (Å²) in [6.45, 7) is 11.0. The maximum Gasteiger partial charge on any atom is 0.673 e. The van der Waals surface area contributed by atoms with Gasteiger partial charge in [0.05, 0.1) is 25.8 Å². The van der Waals surface area contributed by atoms with E-state index in [-0.39, 0.29) is 11.6 Å². The number of alkyl carbamates (subject to hydrolysis) is 1. The van der Waals surface area contributed by atoms with Crippen LogP contribution in [0.4, 0.5) is 27.9 Å². The quantitative estimate of drug-likeness (QED) is 0.138. The van der Waals surface area contributed by atoms with Crippen molar-refractivity contribution in [3.8, 4) is 0 Å². The number of esters is 1. The molecule has 2 atom stereocenters. The molecule has 4 rings (SSSR count). The van der Waals surface area contributed by atoms with E-state index in [1.165, 1.54) is 4.90 Å². The van der Waals surface area contributed by atoms with Gasteiger partial charge in [0.15, 0.2) is 0 Å². The number of carbonyl (C=O) groups is 4. The van der Waals surface area contributed by atoms with Crippen LogP contribution in [-0.2, 0) is 30.9 Å². The van der Waals surface area contributed by atoms with Gasteiger partial charge in [-0.15, -0.1) is 0 Å². The zero-order valence-electron chi connectivity index (χ0n) is 25.3. The summed E-state index contributed by atoms with van der Waals surface area (Å²) in [5.74, 6) is -0.396. The van der Waals surface area contributed by atoms with Gasteiger partial charge in [-0.05, 0) is 72.1 Å². The first-order valence-electron chi connectivity index (χ1n) is 13.8. The number of nitrogens with one attached hydrogen (secondary N) is 1. The number of aromatic nitrogens is 1. The number of anilines is 1. The van der Waals surface area contributed by atoms with E-state index in [9.17, 15) is 36.4 Å². The fraction of sp³-hybridized carbons (Fsp3) is 0.536. The molecule has 43 heavy (non-hydrogen) atoms. The minimum absolute atomic E-state index is 0.132. The first-order chi connectivity index (χ1) is 19.7. The molecule has 15 heteroatoms. The van der Waals surface area contributed by atoms with Crippen molar-refractivity contribution in [2.75, 3.05) is 11.4 Å². The number of hydrogen-bond donors (Lipinski definition) is 1. The number of β-lactam (4-membered cyclic amide) rings is 1. The monoisotopic (exact) mass is 612 g/mol. The average Bonchev–Trinajstić information content (AvgIpc) is 3.19. The molecule has 0 saturated carbocycles. The average molecular weight is 612 g/mol. The molecular formula is C28H37BF4N4O6. The number of amides is 3. The fourth-order valence-electron chi connectivity index (χ4n) is 4.95. The largest absolute Gasteiger partial charge is 0.673 e. The number of nitrogens with zero attached hydrogens (tertiary/aromatic N) is 3. The third-order valence-corrected chi connectivity index (χ3v) is 6.52. The van der Waals surface area contributed by atoms with Gasteiger partial charge in [0.25, 0.3) is 11.7 Å². The molecule has 10 nitrogen and oxygen atoms in total. The SMILES string of the molecule is C[n+]1ccccc1N1CCC(=CC2=C(C(=O)OC(C)(C)C)N3C(=O)[C@@H](NC(=O)OC(C)(C)C)[C@H]3CC2)C1=O.F[B-](F)(F)F. The van der Waals surface area contributed by atoms with Crippen LogP contribution in [0.2, 0.25) is 0 Å². The summed E-state index contributed by atoms with van der Waals surface area (Å²) in [6.07, 6.45) is 4.42. The molecule has 3 amide bonds. The lowest BCUT2D eigenvalue weighted by atomic mass is 9.83. The van der Waals surface area contributed by atoms with Gasteiger partial charge < -0.3 is 32.1 Å². The van der Waals surface area contributed by atoms with Crippen molar-refractivity contribution < 1.29 is 50.5 Å². The number of aryl methyl sites for hydroxylation is 1. The van der Waals surface area contributed by atoms with E-state index in [4.69, 9.17) is 9.47 Å². The summed E-state index contributed by atoms with van der Waals surface area (Å²) >= 11 is 0. The van der Waals surface area contributed by atoms with Gasteiger partial charge in [-0.1, -0.05) is 6.07 Å². The normalized spacial score (nSPS) is 21.6. The second-order valence-electron chi connectivity index (χ2n) is 12.4. The van der Waals surface area contributed by atoms with Crippen LogP contribution in [0.3, 0.4) is 0 Å². The van der Waals surface area contributed by atoms with E-state index in [0.717, 1.165) is 5.82 Å². The number of carbonyl (C=O) groups excluding carboxylic acids is 4. The fourth-order valence-corrected chi connectivity index (χ4v) is 4.95. The molecule has 2 saturated heterocycles. The minimum atomic E-state index is -6.00. The number of pyridine rings is 1. The Hall–Kier alpha value is -3.91. The molecule has 0 bridgehead atoms. The number of hydrogen-bond acceptors (Lipinski definition) is 6. The van der Waals surface area contributed by atoms with Crippen LogP contribution in [-0.4, -0.2) is 65.9 Å². The molecule has 1 aromatic rings. The Morgan fingerprint density at radius 3 is 2.19 bits per heavy atom. The summed E-state index contributed by atoms with van der Waals surface area (Å²) in [5, 5.41) is 2.65. The van der Waals surface area contributed by atoms with Crippen molar-refractivity contribution in [1.29, 1.82) is 0 Å². The Bertz CT molecular complexity index is 1340. The number of ether oxygens (including phenoxy) is 2. The molecule has 0 unspecified atom stereocenters. The van der Waals surface area contributed by atoms with Crippen molar-refractivity contribution in [3.05, 3.63) is 47.3 Å². The van der Waals surface area contributed by atoms with Crippen LogP contribution in [0.25, 0.3) is 0 Å².